The number of primary amides is 1. The van der Waals surface area contributed by atoms with Gasteiger partial charge in [-0.25, -0.2) is 9.59 Å². The molecule has 1 atom stereocenters. The topological polar surface area (TPSA) is 161 Å². The number of ether oxygens (including phenoxy) is 3. The number of hydrogen-bond acceptors (Lipinski definition) is 10. The molecule has 1 saturated heterocycles. The van der Waals surface area contributed by atoms with Crippen LogP contribution in [-0.4, -0.2) is 78.6 Å². The monoisotopic (exact) mass is 733 g/mol. The molecule has 12 heteroatoms. The lowest BCUT2D eigenvalue weighted by atomic mass is 9.87. The molecule has 1 fully saturated rings. The van der Waals surface area contributed by atoms with Crippen LogP contribution in [0.4, 0.5) is 9.59 Å². The number of likely N-dealkylation sites (tertiary alicyclic amines) is 1. The Hall–Kier alpha value is -4.81. The molecule has 2 amide bonds. The van der Waals surface area contributed by atoms with E-state index >= 15 is 0 Å². The van der Waals surface area contributed by atoms with Crippen molar-refractivity contribution in [1.29, 1.82) is 0 Å². The highest BCUT2D eigenvalue weighted by atomic mass is 32.1. The molecule has 0 saturated carbocycles. The van der Waals surface area contributed by atoms with Gasteiger partial charge in [-0.3, -0.25) is 9.69 Å². The summed E-state index contributed by atoms with van der Waals surface area (Å²) in [6.45, 7) is 11.8. The second kappa shape index (κ2) is 19.1. The van der Waals surface area contributed by atoms with Gasteiger partial charge >= 0.3 is 12.2 Å². The van der Waals surface area contributed by atoms with E-state index in [2.05, 4.69) is 10.2 Å². The third-order valence-electron chi connectivity index (χ3n) is 8.65. The van der Waals surface area contributed by atoms with Crippen LogP contribution in [-0.2, 0) is 9.47 Å². The molecule has 5 N–H and O–H groups in total. The van der Waals surface area contributed by atoms with Gasteiger partial charge in [-0.1, -0.05) is 26.7 Å². The van der Waals surface area contributed by atoms with Crippen LogP contribution < -0.4 is 15.8 Å². The molecule has 52 heavy (non-hydrogen) atoms. The van der Waals surface area contributed by atoms with Crippen LogP contribution in [0.15, 0.2) is 66.7 Å². The Morgan fingerprint density at radius 1 is 0.923 bits per heavy atom. The minimum absolute atomic E-state index is 0.0248. The molecular formula is C40H51N3O8S. The van der Waals surface area contributed by atoms with Crippen LogP contribution in [0.3, 0.4) is 0 Å². The zero-order valence-corrected chi connectivity index (χ0v) is 31.3. The molecule has 0 spiro atoms. The highest BCUT2D eigenvalue weighted by Crippen LogP contribution is 2.41. The minimum atomic E-state index is -0.816. The first-order valence-corrected chi connectivity index (χ1v) is 18.6. The molecule has 4 aromatic rings. The van der Waals surface area contributed by atoms with Crippen molar-refractivity contribution in [2.24, 2.45) is 11.1 Å². The van der Waals surface area contributed by atoms with E-state index in [9.17, 15) is 24.6 Å². The van der Waals surface area contributed by atoms with Gasteiger partial charge in [0.1, 0.15) is 37.1 Å². The number of nitrogens with one attached hydrogen (secondary N) is 1. The zero-order valence-electron chi connectivity index (χ0n) is 30.5. The predicted octanol–water partition coefficient (Wildman–Crippen LogP) is 8.10. The maximum absolute atomic E-state index is 13.6. The van der Waals surface area contributed by atoms with E-state index in [-0.39, 0.29) is 36.5 Å². The fourth-order valence-electron chi connectivity index (χ4n) is 6.00. The Balaban J connectivity index is 0.000000287. The number of thiophene rings is 1. The van der Waals surface area contributed by atoms with E-state index in [1.807, 2.05) is 52.0 Å². The molecule has 1 aliphatic heterocycles. The average molecular weight is 734 g/mol. The minimum Gasteiger partial charge on any atom is -0.508 e. The largest absolute Gasteiger partial charge is 0.508 e. The number of nitrogens with zero attached hydrogens (tertiary/aromatic N) is 1. The van der Waals surface area contributed by atoms with Gasteiger partial charge in [0.15, 0.2) is 5.78 Å². The van der Waals surface area contributed by atoms with Crippen molar-refractivity contribution in [3.8, 4) is 27.7 Å². The number of fused-ring (bicyclic) bond motifs is 1. The van der Waals surface area contributed by atoms with Gasteiger partial charge in [0.25, 0.3) is 0 Å². The van der Waals surface area contributed by atoms with Crippen molar-refractivity contribution in [2.75, 3.05) is 39.5 Å². The molecular weight excluding hydrogens is 683 g/mol. The first kappa shape index (κ1) is 40.0. The third-order valence-corrected chi connectivity index (χ3v) is 9.85. The maximum Gasteiger partial charge on any atom is 0.407 e. The number of rotatable bonds is 14. The molecule has 2 heterocycles. The van der Waals surface area contributed by atoms with E-state index in [0.29, 0.717) is 17.7 Å². The maximum atomic E-state index is 13.6. The van der Waals surface area contributed by atoms with Crippen molar-refractivity contribution < 1.29 is 38.8 Å². The number of carbonyl (C=O) groups excluding carboxylic acids is 3. The number of piperidine rings is 1. The molecule has 11 nitrogen and oxygen atoms in total. The molecule has 280 valence electrons. The van der Waals surface area contributed by atoms with Crippen LogP contribution in [0.5, 0.6) is 17.2 Å². The van der Waals surface area contributed by atoms with Crippen LogP contribution in [0, 0.1) is 5.41 Å². The van der Waals surface area contributed by atoms with Crippen LogP contribution in [0.1, 0.15) is 75.7 Å². The average Bonchev–Trinajstić information content (AvgIpc) is 3.49. The molecule has 0 radical (unpaired) electrons. The van der Waals surface area contributed by atoms with Crippen molar-refractivity contribution in [3.63, 3.8) is 0 Å². The van der Waals surface area contributed by atoms with Crippen LogP contribution >= 0.6 is 11.3 Å². The van der Waals surface area contributed by atoms with E-state index in [4.69, 9.17) is 19.9 Å². The summed E-state index contributed by atoms with van der Waals surface area (Å²) < 4.78 is 16.7. The van der Waals surface area contributed by atoms with E-state index in [1.165, 1.54) is 30.6 Å². The predicted molar refractivity (Wildman–Crippen MR) is 204 cm³/mol. The number of phenols is 2. The molecule has 0 aliphatic carbocycles. The number of ketones is 1. The SMILES string of the molecule is CCCC(C)(COC(N)=O)COC(=O)NC(C)C.O=C(c1ccc(OCCN2CCCCC2)cc1)c1c(-c2ccc(O)cc2)sc2cc(O)ccc12. The Labute approximate surface area is 309 Å². The Morgan fingerprint density at radius 2 is 1.58 bits per heavy atom. The van der Waals surface area contributed by atoms with Crippen molar-refractivity contribution >= 4 is 39.4 Å². The van der Waals surface area contributed by atoms with E-state index in [0.717, 1.165) is 58.8 Å². The smallest absolute Gasteiger partial charge is 0.407 e. The summed E-state index contributed by atoms with van der Waals surface area (Å²) in [6, 6.07) is 19.2. The van der Waals surface area contributed by atoms with Gasteiger partial charge in [-0.05, 0) is 118 Å². The van der Waals surface area contributed by atoms with Gasteiger partial charge in [0.2, 0.25) is 0 Å². The van der Waals surface area contributed by atoms with Crippen molar-refractivity contribution in [3.05, 3.63) is 77.9 Å². The number of hydrogen-bond donors (Lipinski definition) is 4. The Bertz CT molecular complexity index is 1770. The summed E-state index contributed by atoms with van der Waals surface area (Å²) in [5, 5.41) is 23.1. The fourth-order valence-corrected chi connectivity index (χ4v) is 7.24. The summed E-state index contributed by atoms with van der Waals surface area (Å²) in [5.74, 6) is 1.01. The van der Waals surface area contributed by atoms with E-state index < -0.39 is 17.6 Å². The molecule has 3 aromatic carbocycles. The lowest BCUT2D eigenvalue weighted by Gasteiger charge is -2.27. The Morgan fingerprint density at radius 3 is 2.21 bits per heavy atom. The lowest BCUT2D eigenvalue weighted by molar-refractivity contribution is 0.0332. The summed E-state index contributed by atoms with van der Waals surface area (Å²) in [5.41, 5.74) is 6.56. The van der Waals surface area contributed by atoms with E-state index in [1.54, 1.807) is 42.5 Å². The summed E-state index contributed by atoms with van der Waals surface area (Å²) in [4.78, 5) is 38.9. The number of aromatic hydroxyl groups is 2. The van der Waals surface area contributed by atoms with Gasteiger partial charge in [-0.15, -0.1) is 11.3 Å². The lowest BCUT2D eigenvalue weighted by Crippen LogP contribution is -2.37. The van der Waals surface area contributed by atoms with Gasteiger partial charge < -0.3 is 35.5 Å². The van der Waals surface area contributed by atoms with Gasteiger partial charge in [0, 0.05) is 44.1 Å². The second-order valence-electron chi connectivity index (χ2n) is 13.7. The number of amides is 2. The standard InChI is InChI=1S/C28H27NO4S.C12H24N2O4/c30-21-8-4-20(5-9-21)28-26(24-13-10-22(31)18-25(24)34-28)27(32)19-6-11-23(12-7-19)33-17-16-29-14-2-1-3-15-29;1-5-6-12(4,7-17-10(13)15)8-18-11(16)14-9(2)3/h4-13,18,30-31H,1-3,14-17H2;9H,5-8H2,1-4H3,(H2,13,15)(H,14,16). The third kappa shape index (κ3) is 11.9. The number of benzene rings is 3. The summed E-state index contributed by atoms with van der Waals surface area (Å²) in [7, 11) is 0. The fraction of sp³-hybridized carbons (Fsp3) is 0.425. The van der Waals surface area contributed by atoms with Crippen molar-refractivity contribution in [2.45, 2.75) is 65.8 Å². The molecule has 0 bridgehead atoms. The number of carbonyl (C=O) groups is 3. The van der Waals surface area contributed by atoms with Gasteiger partial charge in [0.05, 0.1) is 0 Å². The normalized spacial score (nSPS) is 14.2. The summed E-state index contributed by atoms with van der Waals surface area (Å²) in [6.07, 6.45) is 4.24. The molecule has 1 aromatic heterocycles. The zero-order chi connectivity index (χ0) is 37.7. The van der Waals surface area contributed by atoms with Crippen LogP contribution in [0.2, 0.25) is 0 Å². The van der Waals surface area contributed by atoms with Crippen molar-refractivity contribution in [1.82, 2.24) is 10.2 Å². The quantitative estimate of drug-likeness (QED) is 0.0939. The molecule has 5 rings (SSSR count). The number of alkyl carbamates (subject to hydrolysis) is 1. The summed E-state index contributed by atoms with van der Waals surface area (Å²) >= 11 is 1.46. The highest BCUT2D eigenvalue weighted by Gasteiger charge is 2.27. The Kier molecular flexibility index (Phi) is 14.7. The van der Waals surface area contributed by atoms with Crippen LogP contribution in [0.25, 0.3) is 20.5 Å². The molecule has 1 unspecified atom stereocenters. The van der Waals surface area contributed by atoms with Gasteiger partial charge in [-0.2, -0.15) is 0 Å². The molecule has 1 aliphatic rings. The second-order valence-corrected chi connectivity index (χ2v) is 14.7. The first-order chi connectivity index (χ1) is 24.9. The first-order valence-electron chi connectivity index (χ1n) is 17.8. The number of nitrogens with two attached hydrogens (primary N) is 1. The number of phenolic OH excluding ortho intramolecular Hbond substituents is 2. The highest BCUT2D eigenvalue weighted by molar-refractivity contribution is 7.22.